The molecule has 26 heavy (non-hydrogen) atoms. The molecule has 2 aromatic rings. The first-order valence-corrected chi connectivity index (χ1v) is 9.15. The van der Waals surface area contributed by atoms with Crippen LogP contribution in [-0.2, 0) is 14.3 Å². The number of halogens is 2. The van der Waals surface area contributed by atoms with Crippen LogP contribution in [0.15, 0.2) is 45.3 Å². The average molecular weight is 487 g/mol. The van der Waals surface area contributed by atoms with Crippen LogP contribution in [0, 0.1) is 6.92 Å². The maximum Gasteiger partial charge on any atom is 0.344 e. The maximum absolute atomic E-state index is 12.0. The standard InChI is InChI=1S/C18H17Br2NO5/c1-11-7-14(19)18(15(20)8-11)21-16(22)9-26-17(23)10-25-13-5-3-12(24-2)4-6-13/h3-8H,9-10H2,1-2H3,(H,21,22). The van der Waals surface area contributed by atoms with Gasteiger partial charge in [-0.1, -0.05) is 0 Å². The van der Waals surface area contributed by atoms with E-state index >= 15 is 0 Å². The number of hydrogen-bond donors (Lipinski definition) is 1. The van der Waals surface area contributed by atoms with Crippen LogP contribution < -0.4 is 14.8 Å². The molecule has 0 atom stereocenters. The molecule has 0 aliphatic carbocycles. The van der Waals surface area contributed by atoms with Gasteiger partial charge in [-0.25, -0.2) is 4.79 Å². The fourth-order valence-corrected chi connectivity index (χ4v) is 3.61. The predicted octanol–water partition coefficient (Wildman–Crippen LogP) is 4.09. The van der Waals surface area contributed by atoms with Crippen LogP contribution in [0.1, 0.15) is 5.56 Å². The lowest BCUT2D eigenvalue weighted by Gasteiger charge is -2.11. The lowest BCUT2D eigenvalue weighted by atomic mass is 10.2. The minimum Gasteiger partial charge on any atom is -0.497 e. The highest BCUT2D eigenvalue weighted by atomic mass is 79.9. The molecule has 0 spiro atoms. The summed E-state index contributed by atoms with van der Waals surface area (Å²) in [4.78, 5) is 23.7. The minimum atomic E-state index is -0.641. The number of hydrogen-bond acceptors (Lipinski definition) is 5. The van der Waals surface area contributed by atoms with Gasteiger partial charge in [-0.2, -0.15) is 0 Å². The van der Waals surface area contributed by atoms with E-state index in [9.17, 15) is 9.59 Å². The second-order valence-electron chi connectivity index (χ2n) is 5.28. The van der Waals surface area contributed by atoms with Gasteiger partial charge in [0.15, 0.2) is 13.2 Å². The number of nitrogens with one attached hydrogen (secondary N) is 1. The first-order chi connectivity index (χ1) is 12.4. The molecule has 0 saturated heterocycles. The van der Waals surface area contributed by atoms with Crippen LogP contribution in [0.25, 0.3) is 0 Å². The topological polar surface area (TPSA) is 73.9 Å². The molecule has 0 aromatic heterocycles. The average Bonchev–Trinajstić information content (AvgIpc) is 2.61. The number of carbonyl (C=O) groups excluding carboxylic acids is 2. The summed E-state index contributed by atoms with van der Waals surface area (Å²) >= 11 is 6.77. The number of aryl methyl sites for hydroxylation is 1. The van der Waals surface area contributed by atoms with Crippen molar-refractivity contribution in [3.05, 3.63) is 50.9 Å². The summed E-state index contributed by atoms with van der Waals surface area (Å²) in [6.07, 6.45) is 0. The summed E-state index contributed by atoms with van der Waals surface area (Å²) < 4.78 is 16.7. The number of amides is 1. The van der Waals surface area contributed by atoms with Crippen LogP contribution in [0.4, 0.5) is 5.69 Å². The summed E-state index contributed by atoms with van der Waals surface area (Å²) in [5.74, 6) is 0.0933. The molecule has 2 aromatic carbocycles. The number of carbonyl (C=O) groups is 2. The monoisotopic (exact) mass is 485 g/mol. The number of rotatable bonds is 7. The Hall–Kier alpha value is -2.06. The van der Waals surface area contributed by atoms with Crippen molar-refractivity contribution in [2.24, 2.45) is 0 Å². The van der Waals surface area contributed by atoms with Gasteiger partial charge in [-0.15, -0.1) is 0 Å². The van der Waals surface area contributed by atoms with Crippen LogP contribution in [-0.4, -0.2) is 32.2 Å². The molecular formula is C18H17Br2NO5. The van der Waals surface area contributed by atoms with Crippen LogP contribution in [0.5, 0.6) is 11.5 Å². The molecule has 0 saturated carbocycles. The molecule has 0 fully saturated rings. The second kappa shape index (κ2) is 9.59. The van der Waals surface area contributed by atoms with E-state index in [2.05, 4.69) is 37.2 Å². The summed E-state index contributed by atoms with van der Waals surface area (Å²) in [6.45, 7) is 1.24. The smallest absolute Gasteiger partial charge is 0.344 e. The molecule has 1 N–H and O–H groups in total. The van der Waals surface area contributed by atoms with Gasteiger partial charge in [0.25, 0.3) is 5.91 Å². The highest BCUT2D eigenvalue weighted by molar-refractivity contribution is 9.11. The van der Waals surface area contributed by atoms with Gasteiger partial charge < -0.3 is 19.5 Å². The van der Waals surface area contributed by atoms with Gasteiger partial charge in [-0.3, -0.25) is 4.79 Å². The number of esters is 1. The van der Waals surface area contributed by atoms with Crippen molar-refractivity contribution in [3.63, 3.8) is 0 Å². The molecule has 6 nitrogen and oxygen atoms in total. The molecule has 0 unspecified atom stereocenters. The Labute approximate surface area is 168 Å². The van der Waals surface area contributed by atoms with Crippen LogP contribution in [0.2, 0.25) is 0 Å². The van der Waals surface area contributed by atoms with Crippen LogP contribution >= 0.6 is 31.9 Å². The fourth-order valence-electron chi connectivity index (χ4n) is 2.00. The van der Waals surface area contributed by atoms with E-state index in [4.69, 9.17) is 14.2 Å². The van der Waals surface area contributed by atoms with E-state index in [0.29, 0.717) is 17.2 Å². The van der Waals surface area contributed by atoms with Crippen molar-refractivity contribution >= 4 is 49.4 Å². The van der Waals surface area contributed by atoms with E-state index in [1.165, 1.54) is 0 Å². The van der Waals surface area contributed by atoms with Crippen LogP contribution in [0.3, 0.4) is 0 Å². The third kappa shape index (κ3) is 6.03. The SMILES string of the molecule is COc1ccc(OCC(=O)OCC(=O)Nc2c(Br)cc(C)cc2Br)cc1. The summed E-state index contributed by atoms with van der Waals surface area (Å²) in [6, 6.07) is 10.5. The molecule has 138 valence electrons. The molecule has 2 rings (SSSR count). The molecule has 0 aliphatic heterocycles. The Morgan fingerprint density at radius 1 is 1.00 bits per heavy atom. The van der Waals surface area contributed by atoms with Gasteiger partial charge in [0.1, 0.15) is 11.5 Å². The Kier molecular flexibility index (Phi) is 7.47. The maximum atomic E-state index is 12.0. The lowest BCUT2D eigenvalue weighted by molar-refractivity contribution is -0.149. The van der Waals surface area contributed by atoms with Crippen molar-refractivity contribution in [2.75, 3.05) is 25.6 Å². The van der Waals surface area contributed by atoms with E-state index in [-0.39, 0.29) is 6.61 Å². The third-order valence-electron chi connectivity index (χ3n) is 3.23. The minimum absolute atomic E-state index is 0.294. The first kappa shape index (κ1) is 20.3. The highest BCUT2D eigenvalue weighted by Crippen LogP contribution is 2.32. The van der Waals surface area contributed by atoms with E-state index in [1.807, 2.05) is 19.1 Å². The van der Waals surface area contributed by atoms with Crippen molar-refractivity contribution in [1.29, 1.82) is 0 Å². The molecule has 0 aliphatic rings. The zero-order valence-electron chi connectivity index (χ0n) is 14.2. The van der Waals surface area contributed by atoms with Crippen molar-refractivity contribution in [1.82, 2.24) is 0 Å². The number of ether oxygens (including phenoxy) is 3. The number of benzene rings is 2. The third-order valence-corrected chi connectivity index (χ3v) is 4.48. The van der Waals surface area contributed by atoms with Gasteiger partial charge in [0.2, 0.25) is 0 Å². The largest absolute Gasteiger partial charge is 0.497 e. The summed E-state index contributed by atoms with van der Waals surface area (Å²) in [5.41, 5.74) is 1.61. The molecule has 0 bridgehead atoms. The van der Waals surface area contributed by atoms with Gasteiger partial charge >= 0.3 is 5.97 Å². The Morgan fingerprint density at radius 2 is 1.58 bits per heavy atom. The molecule has 1 amide bonds. The molecule has 0 heterocycles. The fraction of sp³-hybridized carbons (Fsp3) is 0.222. The normalized spacial score (nSPS) is 10.2. The van der Waals surface area contributed by atoms with Gasteiger partial charge in [-0.05, 0) is 80.7 Å². The van der Waals surface area contributed by atoms with Crippen molar-refractivity contribution < 1.29 is 23.8 Å². The van der Waals surface area contributed by atoms with Crippen molar-refractivity contribution in [2.45, 2.75) is 6.92 Å². The molecule has 8 heteroatoms. The van der Waals surface area contributed by atoms with E-state index in [1.54, 1.807) is 31.4 Å². The molecule has 0 radical (unpaired) electrons. The quantitative estimate of drug-likeness (QED) is 0.596. The Bertz CT molecular complexity index is 770. The highest BCUT2D eigenvalue weighted by Gasteiger charge is 2.13. The number of anilines is 1. The van der Waals surface area contributed by atoms with E-state index < -0.39 is 18.5 Å². The predicted molar refractivity (Wildman–Crippen MR) is 105 cm³/mol. The number of methoxy groups -OCH3 is 1. The first-order valence-electron chi connectivity index (χ1n) is 7.57. The van der Waals surface area contributed by atoms with Gasteiger partial charge in [0.05, 0.1) is 12.8 Å². The molecular weight excluding hydrogens is 470 g/mol. The van der Waals surface area contributed by atoms with Gasteiger partial charge in [0, 0.05) is 8.95 Å². The second-order valence-corrected chi connectivity index (χ2v) is 6.99. The Balaban J connectivity index is 1.78. The Morgan fingerprint density at radius 3 is 2.15 bits per heavy atom. The summed E-state index contributed by atoms with van der Waals surface area (Å²) in [7, 11) is 1.56. The lowest BCUT2D eigenvalue weighted by Crippen LogP contribution is -2.24. The van der Waals surface area contributed by atoms with E-state index in [0.717, 1.165) is 14.5 Å². The zero-order chi connectivity index (χ0) is 19.1. The summed E-state index contributed by atoms with van der Waals surface area (Å²) in [5, 5.41) is 2.68. The zero-order valence-corrected chi connectivity index (χ0v) is 17.3. The van der Waals surface area contributed by atoms with Crippen molar-refractivity contribution in [3.8, 4) is 11.5 Å².